The van der Waals surface area contributed by atoms with Crippen molar-refractivity contribution in [1.29, 1.82) is 0 Å². The maximum atomic E-state index is 11.7. The minimum atomic E-state index is -3.23. The van der Waals surface area contributed by atoms with E-state index in [0.29, 0.717) is 18.0 Å². The van der Waals surface area contributed by atoms with Crippen LogP contribution in [0.2, 0.25) is 0 Å². The second kappa shape index (κ2) is 4.55. The molecule has 1 rings (SSSR count). The molecule has 16 heavy (non-hydrogen) atoms. The quantitative estimate of drug-likeness (QED) is 0.841. The third-order valence-electron chi connectivity index (χ3n) is 2.66. The number of hydrogen-bond acceptors (Lipinski definition) is 5. The molecular formula is C10H18N2O3S. The Kier molecular flexibility index (Phi) is 3.75. The van der Waals surface area contributed by atoms with Gasteiger partial charge in [-0.2, -0.15) is 0 Å². The maximum absolute atomic E-state index is 11.7. The third-order valence-corrected chi connectivity index (χ3v) is 4.70. The smallest absolute Gasteiger partial charge is 0.181 e. The number of nitrogens with one attached hydrogen (secondary N) is 1. The molecule has 0 unspecified atom stereocenters. The lowest BCUT2D eigenvalue weighted by Crippen LogP contribution is -2.29. The fourth-order valence-corrected chi connectivity index (χ4v) is 1.80. The van der Waals surface area contributed by atoms with Gasteiger partial charge in [-0.15, -0.1) is 0 Å². The molecule has 0 amide bonds. The fraction of sp³-hybridized carbons (Fsp3) is 0.700. The number of oxazole rings is 1. The van der Waals surface area contributed by atoms with Crippen LogP contribution in [-0.4, -0.2) is 26.2 Å². The van der Waals surface area contributed by atoms with E-state index in [0.717, 1.165) is 6.54 Å². The van der Waals surface area contributed by atoms with Gasteiger partial charge in [0.25, 0.3) is 0 Å². The van der Waals surface area contributed by atoms with Gasteiger partial charge in [0.1, 0.15) is 10.5 Å². The molecule has 0 aromatic carbocycles. The van der Waals surface area contributed by atoms with Crippen LogP contribution in [0.3, 0.4) is 0 Å². The molecular weight excluding hydrogens is 228 g/mol. The van der Waals surface area contributed by atoms with E-state index in [-0.39, 0.29) is 0 Å². The molecule has 5 nitrogen and oxygen atoms in total. The van der Waals surface area contributed by atoms with Crippen molar-refractivity contribution in [2.24, 2.45) is 0 Å². The van der Waals surface area contributed by atoms with Crippen LogP contribution < -0.4 is 5.32 Å². The Bertz CT molecular complexity index is 448. The molecule has 0 saturated carbocycles. The van der Waals surface area contributed by atoms with Crippen molar-refractivity contribution in [3.63, 3.8) is 0 Å². The zero-order valence-corrected chi connectivity index (χ0v) is 10.9. The summed E-state index contributed by atoms with van der Waals surface area (Å²) in [5.74, 6) is 0.413. The predicted molar refractivity (Wildman–Crippen MR) is 61.8 cm³/mol. The van der Waals surface area contributed by atoms with Gasteiger partial charge >= 0.3 is 0 Å². The lowest BCUT2D eigenvalue weighted by Gasteiger charge is -2.20. The van der Waals surface area contributed by atoms with Crippen LogP contribution in [0.25, 0.3) is 0 Å². The highest BCUT2D eigenvalue weighted by Crippen LogP contribution is 2.31. The highest BCUT2D eigenvalue weighted by molar-refractivity contribution is 7.91. The molecule has 1 N–H and O–H groups in total. The second-order valence-electron chi connectivity index (χ2n) is 4.19. The number of nitrogens with zero attached hydrogens (tertiary/aromatic N) is 1. The molecule has 0 aliphatic rings. The molecule has 0 fully saturated rings. The lowest BCUT2D eigenvalue weighted by atomic mass is 10.1. The molecule has 6 heteroatoms. The van der Waals surface area contributed by atoms with E-state index in [1.165, 1.54) is 12.6 Å². The summed E-state index contributed by atoms with van der Waals surface area (Å²) < 4.78 is 27.5. The first-order chi connectivity index (χ1) is 7.30. The van der Waals surface area contributed by atoms with E-state index in [1.54, 1.807) is 13.8 Å². The molecule has 0 saturated heterocycles. The van der Waals surface area contributed by atoms with Crippen LogP contribution in [0.5, 0.6) is 0 Å². The fourth-order valence-electron chi connectivity index (χ4n) is 1.30. The first-order valence-corrected chi connectivity index (χ1v) is 7.03. The van der Waals surface area contributed by atoms with E-state index in [9.17, 15) is 8.42 Å². The van der Waals surface area contributed by atoms with Crippen molar-refractivity contribution in [2.75, 3.05) is 12.8 Å². The lowest BCUT2D eigenvalue weighted by molar-refractivity contribution is 0.440. The van der Waals surface area contributed by atoms with Gasteiger partial charge in [-0.25, -0.2) is 13.4 Å². The summed E-state index contributed by atoms with van der Waals surface area (Å²) in [6.45, 7) is 6.53. The molecule has 0 radical (unpaired) electrons. The number of rotatable bonds is 5. The standard InChI is InChI=1S/C10H18N2O3S/c1-5-11-6-8-9(15-7-12-8)10(2,3)16(4,13)14/h7,11H,5-6H2,1-4H3. The summed E-state index contributed by atoms with van der Waals surface area (Å²) >= 11 is 0. The van der Waals surface area contributed by atoms with E-state index < -0.39 is 14.6 Å². The molecule has 0 atom stereocenters. The van der Waals surface area contributed by atoms with Crippen LogP contribution in [0, 0.1) is 0 Å². The number of hydrogen-bond donors (Lipinski definition) is 1. The van der Waals surface area contributed by atoms with E-state index in [1.807, 2.05) is 6.92 Å². The molecule has 0 aliphatic heterocycles. The van der Waals surface area contributed by atoms with Gasteiger partial charge in [0, 0.05) is 12.8 Å². The summed E-state index contributed by atoms with van der Waals surface area (Å²) in [5.41, 5.74) is 0.650. The van der Waals surface area contributed by atoms with Crippen LogP contribution in [0.15, 0.2) is 10.8 Å². The normalized spacial score (nSPS) is 13.0. The largest absolute Gasteiger partial charge is 0.446 e. The van der Waals surface area contributed by atoms with Crippen LogP contribution in [-0.2, 0) is 21.1 Å². The Morgan fingerprint density at radius 2 is 2.12 bits per heavy atom. The molecule has 1 aromatic rings. The number of aromatic nitrogens is 1. The van der Waals surface area contributed by atoms with Crippen molar-refractivity contribution in [3.8, 4) is 0 Å². The van der Waals surface area contributed by atoms with Crippen LogP contribution in [0.1, 0.15) is 32.2 Å². The van der Waals surface area contributed by atoms with Gasteiger partial charge in [-0.3, -0.25) is 0 Å². The summed E-state index contributed by atoms with van der Waals surface area (Å²) in [6.07, 6.45) is 2.49. The Balaban J connectivity index is 3.09. The first-order valence-electron chi connectivity index (χ1n) is 5.14. The topological polar surface area (TPSA) is 72.2 Å². The van der Waals surface area contributed by atoms with Crippen molar-refractivity contribution >= 4 is 9.84 Å². The average Bonchev–Trinajstić information content (AvgIpc) is 2.61. The Hall–Kier alpha value is -0.880. The van der Waals surface area contributed by atoms with Crippen molar-refractivity contribution < 1.29 is 12.8 Å². The van der Waals surface area contributed by atoms with Gasteiger partial charge in [0.15, 0.2) is 16.2 Å². The van der Waals surface area contributed by atoms with Gasteiger partial charge < -0.3 is 9.73 Å². The van der Waals surface area contributed by atoms with E-state index in [4.69, 9.17) is 4.42 Å². The predicted octanol–water partition coefficient (Wildman–Crippen LogP) is 1.06. The SMILES string of the molecule is CCNCc1ncoc1C(C)(C)S(C)(=O)=O. The summed E-state index contributed by atoms with van der Waals surface area (Å²) in [7, 11) is -3.23. The van der Waals surface area contributed by atoms with Gasteiger partial charge in [-0.05, 0) is 20.4 Å². The Morgan fingerprint density at radius 3 is 2.62 bits per heavy atom. The number of sulfone groups is 1. The van der Waals surface area contributed by atoms with Crippen LogP contribution in [0.4, 0.5) is 0 Å². The van der Waals surface area contributed by atoms with E-state index in [2.05, 4.69) is 10.3 Å². The highest BCUT2D eigenvalue weighted by Gasteiger charge is 2.37. The monoisotopic (exact) mass is 246 g/mol. The second-order valence-corrected chi connectivity index (χ2v) is 6.76. The summed E-state index contributed by atoms with van der Waals surface area (Å²) in [4.78, 5) is 4.04. The molecule has 0 spiro atoms. The highest BCUT2D eigenvalue weighted by atomic mass is 32.2. The Morgan fingerprint density at radius 1 is 1.50 bits per heavy atom. The molecule has 1 heterocycles. The first kappa shape index (κ1) is 13.2. The molecule has 1 aromatic heterocycles. The summed E-state index contributed by atoms with van der Waals surface area (Å²) in [5, 5.41) is 3.10. The molecule has 0 bridgehead atoms. The molecule has 92 valence electrons. The van der Waals surface area contributed by atoms with Crippen molar-refractivity contribution in [2.45, 2.75) is 32.1 Å². The maximum Gasteiger partial charge on any atom is 0.181 e. The van der Waals surface area contributed by atoms with Crippen molar-refractivity contribution in [1.82, 2.24) is 10.3 Å². The van der Waals surface area contributed by atoms with Gasteiger partial charge in [0.2, 0.25) is 0 Å². The minimum Gasteiger partial charge on any atom is -0.446 e. The van der Waals surface area contributed by atoms with Gasteiger partial charge in [-0.1, -0.05) is 6.92 Å². The third kappa shape index (κ3) is 2.44. The van der Waals surface area contributed by atoms with Crippen LogP contribution >= 0.6 is 0 Å². The van der Waals surface area contributed by atoms with Gasteiger partial charge in [0.05, 0.1) is 5.69 Å². The zero-order valence-electron chi connectivity index (χ0n) is 10.1. The Labute approximate surface area is 96.2 Å². The average molecular weight is 246 g/mol. The van der Waals surface area contributed by atoms with E-state index >= 15 is 0 Å². The van der Waals surface area contributed by atoms with Crippen molar-refractivity contribution in [3.05, 3.63) is 17.8 Å². The molecule has 0 aliphatic carbocycles. The zero-order chi connectivity index (χ0) is 12.4. The summed E-state index contributed by atoms with van der Waals surface area (Å²) in [6, 6.07) is 0. The minimum absolute atomic E-state index is 0.413.